The smallest absolute Gasteiger partial charge is 0.408 e. The third-order valence-electron chi connectivity index (χ3n) is 2.67. The first-order valence-electron chi connectivity index (χ1n) is 6.25. The molecule has 0 heterocycles. The molecule has 1 aromatic rings. The summed E-state index contributed by atoms with van der Waals surface area (Å²) in [5.41, 5.74) is 5.86. The lowest BCUT2D eigenvalue weighted by atomic mass is 10.1. The summed E-state index contributed by atoms with van der Waals surface area (Å²) in [6.45, 7) is 1.45. The standard InChI is InChI=1S/C14H18N2O4/c1-10(17)12(7-8-13(15)18)16-14(19)20-9-11-5-3-2-4-6-11/h2-6,12H,7-9H2,1H3,(H2,15,18)(H,16,19)/t12-/m0/s1. The van der Waals surface area contributed by atoms with Crippen molar-refractivity contribution < 1.29 is 19.1 Å². The molecule has 6 nitrogen and oxygen atoms in total. The number of rotatable bonds is 7. The van der Waals surface area contributed by atoms with Crippen LogP contribution in [-0.4, -0.2) is 23.8 Å². The number of benzene rings is 1. The van der Waals surface area contributed by atoms with Gasteiger partial charge in [0.15, 0.2) is 5.78 Å². The van der Waals surface area contributed by atoms with E-state index in [1.807, 2.05) is 30.3 Å². The number of nitrogens with one attached hydrogen (secondary N) is 1. The zero-order valence-electron chi connectivity index (χ0n) is 11.3. The molecule has 0 spiro atoms. The molecule has 0 bridgehead atoms. The number of amides is 2. The zero-order valence-corrected chi connectivity index (χ0v) is 11.3. The van der Waals surface area contributed by atoms with Gasteiger partial charge in [0.1, 0.15) is 6.61 Å². The van der Waals surface area contributed by atoms with Crippen molar-refractivity contribution in [3.63, 3.8) is 0 Å². The van der Waals surface area contributed by atoms with Crippen LogP contribution in [0.5, 0.6) is 0 Å². The number of ketones is 1. The minimum atomic E-state index is -0.759. The highest BCUT2D eigenvalue weighted by atomic mass is 16.5. The van der Waals surface area contributed by atoms with Gasteiger partial charge in [-0.2, -0.15) is 0 Å². The van der Waals surface area contributed by atoms with Crippen LogP contribution >= 0.6 is 0 Å². The molecule has 0 saturated carbocycles. The Labute approximate surface area is 117 Å². The molecule has 3 N–H and O–H groups in total. The minimum absolute atomic E-state index is 0.0310. The first kappa shape index (κ1) is 15.7. The van der Waals surface area contributed by atoms with Crippen LogP contribution in [0.3, 0.4) is 0 Å². The van der Waals surface area contributed by atoms with Gasteiger partial charge < -0.3 is 15.8 Å². The number of primary amides is 1. The number of ether oxygens (including phenoxy) is 1. The summed E-state index contributed by atoms with van der Waals surface area (Å²) in [5.74, 6) is -0.765. The summed E-state index contributed by atoms with van der Waals surface area (Å²) in [4.78, 5) is 33.6. The fourth-order valence-electron chi connectivity index (χ4n) is 1.57. The summed E-state index contributed by atoms with van der Waals surface area (Å²) >= 11 is 0. The van der Waals surface area contributed by atoms with E-state index in [0.29, 0.717) is 0 Å². The molecule has 2 amide bonds. The van der Waals surface area contributed by atoms with Crippen LogP contribution in [0.25, 0.3) is 0 Å². The molecule has 0 radical (unpaired) electrons. The second-order valence-electron chi connectivity index (χ2n) is 4.37. The molecule has 0 saturated heterocycles. The molecule has 0 unspecified atom stereocenters. The maximum Gasteiger partial charge on any atom is 0.408 e. The SMILES string of the molecule is CC(=O)[C@H](CCC(N)=O)NC(=O)OCc1ccccc1. The average Bonchev–Trinajstić information content (AvgIpc) is 2.41. The fraction of sp³-hybridized carbons (Fsp3) is 0.357. The second-order valence-corrected chi connectivity index (χ2v) is 4.37. The van der Waals surface area contributed by atoms with E-state index in [0.717, 1.165) is 5.56 Å². The van der Waals surface area contributed by atoms with Crippen molar-refractivity contribution in [3.05, 3.63) is 35.9 Å². The lowest BCUT2D eigenvalue weighted by Gasteiger charge is -2.15. The number of Topliss-reactive ketones (excluding diaryl/α,β-unsaturated/α-hetero) is 1. The number of nitrogens with two attached hydrogens (primary N) is 1. The molecule has 1 atom stereocenters. The molecule has 20 heavy (non-hydrogen) atoms. The van der Waals surface area contributed by atoms with Crippen molar-refractivity contribution in [2.24, 2.45) is 5.73 Å². The first-order valence-corrected chi connectivity index (χ1v) is 6.25. The Bertz CT molecular complexity index is 473. The topological polar surface area (TPSA) is 98.5 Å². The molecule has 0 aliphatic rings. The van der Waals surface area contributed by atoms with Crippen molar-refractivity contribution in [3.8, 4) is 0 Å². The van der Waals surface area contributed by atoms with E-state index in [2.05, 4.69) is 5.32 Å². The molecule has 108 valence electrons. The van der Waals surface area contributed by atoms with Crippen LogP contribution in [0.4, 0.5) is 4.79 Å². The van der Waals surface area contributed by atoms with Gasteiger partial charge in [-0.05, 0) is 18.9 Å². The summed E-state index contributed by atoms with van der Waals surface area (Å²) in [6.07, 6.45) is -0.493. The Morgan fingerprint density at radius 2 is 1.90 bits per heavy atom. The zero-order chi connectivity index (χ0) is 15.0. The predicted molar refractivity (Wildman–Crippen MR) is 72.7 cm³/mol. The summed E-state index contributed by atoms with van der Waals surface area (Å²) in [5, 5.41) is 2.42. The molecule has 6 heteroatoms. The lowest BCUT2D eigenvalue weighted by molar-refractivity contribution is -0.120. The van der Waals surface area contributed by atoms with E-state index >= 15 is 0 Å². The van der Waals surface area contributed by atoms with Crippen LogP contribution in [-0.2, 0) is 20.9 Å². The Morgan fingerprint density at radius 1 is 1.25 bits per heavy atom. The van der Waals surface area contributed by atoms with Crippen LogP contribution in [0, 0.1) is 0 Å². The molecule has 1 rings (SSSR count). The number of hydrogen-bond donors (Lipinski definition) is 2. The highest BCUT2D eigenvalue weighted by molar-refractivity contribution is 5.86. The van der Waals surface area contributed by atoms with E-state index in [4.69, 9.17) is 10.5 Å². The maximum atomic E-state index is 11.6. The largest absolute Gasteiger partial charge is 0.445 e. The van der Waals surface area contributed by atoms with Crippen molar-refractivity contribution in [2.45, 2.75) is 32.4 Å². The van der Waals surface area contributed by atoms with Crippen molar-refractivity contribution in [2.75, 3.05) is 0 Å². The van der Waals surface area contributed by atoms with Crippen LogP contribution < -0.4 is 11.1 Å². The van der Waals surface area contributed by atoms with Gasteiger partial charge in [0.25, 0.3) is 0 Å². The molecular weight excluding hydrogens is 260 g/mol. The fourth-order valence-corrected chi connectivity index (χ4v) is 1.57. The predicted octanol–water partition coefficient (Wildman–Crippen LogP) is 1.14. The van der Waals surface area contributed by atoms with E-state index in [1.165, 1.54) is 6.92 Å². The van der Waals surface area contributed by atoms with Gasteiger partial charge in [-0.3, -0.25) is 9.59 Å². The molecule has 0 aromatic heterocycles. The molecule has 0 fully saturated rings. The Morgan fingerprint density at radius 3 is 2.45 bits per heavy atom. The Balaban J connectivity index is 2.41. The Hall–Kier alpha value is -2.37. The van der Waals surface area contributed by atoms with E-state index < -0.39 is 18.0 Å². The highest BCUT2D eigenvalue weighted by Gasteiger charge is 2.18. The van der Waals surface area contributed by atoms with Gasteiger partial charge in [-0.1, -0.05) is 30.3 Å². The third kappa shape index (κ3) is 5.99. The number of alkyl carbamates (subject to hydrolysis) is 1. The average molecular weight is 278 g/mol. The summed E-state index contributed by atoms with van der Waals surface area (Å²) < 4.78 is 5.00. The molecular formula is C14H18N2O4. The quantitative estimate of drug-likeness (QED) is 0.781. The molecule has 0 aliphatic heterocycles. The molecule has 1 aromatic carbocycles. The molecule has 0 aliphatic carbocycles. The summed E-state index contributed by atoms with van der Waals surface area (Å²) in [6, 6.07) is 8.42. The van der Waals surface area contributed by atoms with Gasteiger partial charge >= 0.3 is 6.09 Å². The number of carbonyl (C=O) groups is 3. The van der Waals surface area contributed by atoms with Gasteiger partial charge in [-0.15, -0.1) is 0 Å². The van der Waals surface area contributed by atoms with Gasteiger partial charge in [0.05, 0.1) is 6.04 Å². The monoisotopic (exact) mass is 278 g/mol. The number of carbonyl (C=O) groups excluding carboxylic acids is 3. The van der Waals surface area contributed by atoms with Gasteiger partial charge in [0, 0.05) is 6.42 Å². The highest BCUT2D eigenvalue weighted by Crippen LogP contribution is 2.03. The van der Waals surface area contributed by atoms with Crippen molar-refractivity contribution in [1.82, 2.24) is 5.32 Å². The van der Waals surface area contributed by atoms with E-state index in [9.17, 15) is 14.4 Å². The number of hydrogen-bond acceptors (Lipinski definition) is 4. The van der Waals surface area contributed by atoms with Crippen molar-refractivity contribution in [1.29, 1.82) is 0 Å². The van der Waals surface area contributed by atoms with E-state index in [-0.39, 0.29) is 25.2 Å². The van der Waals surface area contributed by atoms with Crippen LogP contribution in [0.15, 0.2) is 30.3 Å². The summed E-state index contributed by atoms with van der Waals surface area (Å²) in [7, 11) is 0. The van der Waals surface area contributed by atoms with Crippen LogP contribution in [0.2, 0.25) is 0 Å². The van der Waals surface area contributed by atoms with Crippen molar-refractivity contribution >= 4 is 17.8 Å². The first-order chi connectivity index (χ1) is 9.49. The third-order valence-corrected chi connectivity index (χ3v) is 2.67. The van der Waals surface area contributed by atoms with Crippen LogP contribution in [0.1, 0.15) is 25.3 Å². The van der Waals surface area contributed by atoms with E-state index in [1.54, 1.807) is 0 Å². The second kappa shape index (κ2) is 7.93. The minimum Gasteiger partial charge on any atom is -0.445 e. The lowest BCUT2D eigenvalue weighted by Crippen LogP contribution is -2.40. The Kier molecular flexibility index (Phi) is 6.22. The normalized spacial score (nSPS) is 11.4. The van der Waals surface area contributed by atoms with Gasteiger partial charge in [-0.25, -0.2) is 4.79 Å². The van der Waals surface area contributed by atoms with Gasteiger partial charge in [0.2, 0.25) is 5.91 Å². The maximum absolute atomic E-state index is 11.6.